The van der Waals surface area contributed by atoms with E-state index in [1.54, 1.807) is 4.90 Å². The largest absolute Gasteiger partial charge is 0.329 e. The van der Waals surface area contributed by atoms with E-state index in [1.807, 2.05) is 7.05 Å². The minimum atomic E-state index is 0.141. The molecule has 3 nitrogen and oxygen atoms in total. The van der Waals surface area contributed by atoms with E-state index >= 15 is 0 Å². The van der Waals surface area contributed by atoms with E-state index in [9.17, 15) is 4.79 Å². The number of benzene rings is 1. The van der Waals surface area contributed by atoms with Crippen molar-refractivity contribution in [2.24, 2.45) is 0 Å². The third kappa shape index (κ3) is 2.34. The summed E-state index contributed by atoms with van der Waals surface area (Å²) in [6.45, 7) is 6.87. The summed E-state index contributed by atoms with van der Waals surface area (Å²) < 4.78 is 0. The molecular weight excluding hydrogens is 212 g/mol. The van der Waals surface area contributed by atoms with E-state index in [2.05, 4.69) is 38.2 Å². The average Bonchev–Trinajstić information content (AvgIpc) is 2.54. The second-order valence-corrected chi connectivity index (χ2v) is 4.98. The molecule has 1 aromatic rings. The molecule has 1 aromatic carbocycles. The molecule has 2 rings (SSSR count). The third-order valence-electron chi connectivity index (χ3n) is 3.59. The predicted octanol–water partition coefficient (Wildman–Crippen LogP) is 1.54. The first-order valence-corrected chi connectivity index (χ1v) is 6.05. The van der Waals surface area contributed by atoms with Gasteiger partial charge in [-0.15, -0.1) is 0 Å². The minimum absolute atomic E-state index is 0.141. The van der Waals surface area contributed by atoms with E-state index in [-0.39, 0.29) is 12.1 Å². The Labute approximate surface area is 103 Å². The van der Waals surface area contributed by atoms with Gasteiger partial charge < -0.3 is 4.90 Å². The van der Waals surface area contributed by atoms with Gasteiger partial charge in [-0.1, -0.05) is 17.7 Å². The molecule has 1 saturated heterocycles. The van der Waals surface area contributed by atoms with Crippen molar-refractivity contribution in [3.8, 4) is 0 Å². The van der Waals surface area contributed by atoms with Crippen molar-refractivity contribution in [3.63, 3.8) is 0 Å². The molecule has 0 radical (unpaired) electrons. The normalized spacial score (nSPS) is 20.1. The lowest BCUT2D eigenvalue weighted by atomic mass is 9.96. The summed E-state index contributed by atoms with van der Waals surface area (Å²) in [5.41, 5.74) is 5.29. The number of nitrogens with zero attached hydrogens (tertiary/aromatic N) is 1. The summed E-state index contributed by atoms with van der Waals surface area (Å²) >= 11 is 0. The fourth-order valence-corrected chi connectivity index (χ4v) is 2.57. The van der Waals surface area contributed by atoms with Crippen LogP contribution in [-0.4, -0.2) is 30.6 Å². The molecule has 1 atom stereocenters. The van der Waals surface area contributed by atoms with Gasteiger partial charge in [-0.25, -0.2) is 0 Å². The molecule has 0 unspecified atom stereocenters. The first-order valence-electron chi connectivity index (χ1n) is 6.05. The van der Waals surface area contributed by atoms with E-state index in [1.165, 1.54) is 22.3 Å². The lowest BCUT2D eigenvalue weighted by Gasteiger charge is -2.22. The van der Waals surface area contributed by atoms with Gasteiger partial charge in [0.15, 0.2) is 0 Å². The van der Waals surface area contributed by atoms with Crippen LogP contribution in [0.1, 0.15) is 22.3 Å². The number of carbonyl (C=O) groups excluding carboxylic acids is 1. The van der Waals surface area contributed by atoms with Crippen LogP contribution in [0.3, 0.4) is 0 Å². The highest BCUT2D eigenvalue weighted by Gasteiger charge is 2.27. The second-order valence-electron chi connectivity index (χ2n) is 4.98. The maximum atomic E-state index is 11.5. The number of hydrogen-bond donors (Lipinski definition) is 1. The molecular formula is C14H20N2O. The van der Waals surface area contributed by atoms with Crippen LogP contribution in [-0.2, 0) is 11.2 Å². The van der Waals surface area contributed by atoms with Gasteiger partial charge in [0.2, 0.25) is 5.91 Å². The van der Waals surface area contributed by atoms with Gasteiger partial charge >= 0.3 is 0 Å². The summed E-state index contributed by atoms with van der Waals surface area (Å²) in [4.78, 5) is 13.3. The van der Waals surface area contributed by atoms with Gasteiger partial charge in [-0.05, 0) is 37.5 Å². The number of hydrogen-bond acceptors (Lipinski definition) is 2. The first-order chi connectivity index (χ1) is 7.99. The first kappa shape index (κ1) is 12.1. The Bertz CT molecular complexity index is 431. The number of rotatable bonds is 2. The Morgan fingerprint density at radius 3 is 2.35 bits per heavy atom. The summed E-state index contributed by atoms with van der Waals surface area (Å²) in [6.07, 6.45) is 1.03. The molecule has 1 fully saturated rings. The highest BCUT2D eigenvalue weighted by atomic mass is 16.2. The summed E-state index contributed by atoms with van der Waals surface area (Å²) in [7, 11) is 1.87. The topological polar surface area (TPSA) is 32.3 Å². The molecule has 0 saturated carbocycles. The molecule has 1 N–H and O–H groups in total. The maximum Gasteiger partial charge on any atom is 0.237 e. The van der Waals surface area contributed by atoms with Crippen LogP contribution in [0, 0.1) is 20.8 Å². The summed E-state index contributed by atoms with van der Waals surface area (Å²) in [5.74, 6) is 0.178. The quantitative estimate of drug-likeness (QED) is 0.839. The predicted molar refractivity (Wildman–Crippen MR) is 68.9 cm³/mol. The van der Waals surface area contributed by atoms with Crippen molar-refractivity contribution in [1.82, 2.24) is 10.2 Å². The van der Waals surface area contributed by atoms with E-state index < -0.39 is 0 Å². The molecule has 3 heteroatoms. The van der Waals surface area contributed by atoms with Crippen molar-refractivity contribution in [2.75, 3.05) is 13.6 Å². The Hall–Kier alpha value is -1.35. The number of carbonyl (C=O) groups is 1. The van der Waals surface area contributed by atoms with Gasteiger partial charge in [0.25, 0.3) is 0 Å². The third-order valence-corrected chi connectivity index (χ3v) is 3.59. The van der Waals surface area contributed by atoms with Crippen LogP contribution in [0.15, 0.2) is 12.1 Å². The molecule has 0 bridgehead atoms. The van der Waals surface area contributed by atoms with Crippen LogP contribution < -0.4 is 5.32 Å². The van der Waals surface area contributed by atoms with Gasteiger partial charge in [-0.3, -0.25) is 10.1 Å². The van der Waals surface area contributed by atoms with Crippen LogP contribution in [0.5, 0.6) is 0 Å². The number of nitrogens with one attached hydrogen (secondary N) is 1. The zero-order valence-electron chi connectivity index (χ0n) is 11.0. The van der Waals surface area contributed by atoms with Gasteiger partial charge in [0.05, 0.1) is 12.7 Å². The second kappa shape index (κ2) is 4.49. The highest BCUT2D eigenvalue weighted by Crippen LogP contribution is 2.19. The molecule has 1 amide bonds. The molecule has 0 aliphatic carbocycles. The zero-order chi connectivity index (χ0) is 12.6. The van der Waals surface area contributed by atoms with Crippen molar-refractivity contribution < 1.29 is 4.79 Å². The van der Waals surface area contributed by atoms with Crippen molar-refractivity contribution in [2.45, 2.75) is 33.4 Å². The number of amides is 1. The van der Waals surface area contributed by atoms with Gasteiger partial charge in [0, 0.05) is 13.5 Å². The Morgan fingerprint density at radius 2 is 1.88 bits per heavy atom. The lowest BCUT2D eigenvalue weighted by Crippen LogP contribution is -2.36. The van der Waals surface area contributed by atoms with Crippen molar-refractivity contribution in [3.05, 3.63) is 34.4 Å². The van der Waals surface area contributed by atoms with Crippen molar-refractivity contribution in [1.29, 1.82) is 0 Å². The fraction of sp³-hybridized carbons (Fsp3) is 0.500. The standard InChI is InChI=1S/C14H20N2O/c1-9-5-10(2)12(11(3)6-9)7-13-15-8-14(17)16(13)4/h5-6,13,15H,7-8H2,1-4H3/t13-/m1/s1. The van der Waals surface area contributed by atoms with Crippen LogP contribution in [0.4, 0.5) is 0 Å². The Balaban J connectivity index is 2.22. The lowest BCUT2D eigenvalue weighted by molar-refractivity contribution is -0.126. The summed E-state index contributed by atoms with van der Waals surface area (Å²) in [6, 6.07) is 4.41. The summed E-state index contributed by atoms with van der Waals surface area (Å²) in [5, 5.41) is 3.25. The van der Waals surface area contributed by atoms with Gasteiger partial charge in [-0.2, -0.15) is 0 Å². The molecule has 17 heavy (non-hydrogen) atoms. The van der Waals surface area contributed by atoms with Crippen LogP contribution in [0.2, 0.25) is 0 Å². The highest BCUT2D eigenvalue weighted by molar-refractivity contribution is 5.80. The molecule has 1 aliphatic heterocycles. The fourth-order valence-electron chi connectivity index (χ4n) is 2.57. The maximum absolute atomic E-state index is 11.5. The van der Waals surface area contributed by atoms with E-state index in [4.69, 9.17) is 0 Å². The number of likely N-dealkylation sites (N-methyl/N-ethyl adjacent to an activating group) is 1. The smallest absolute Gasteiger partial charge is 0.237 e. The van der Waals surface area contributed by atoms with Gasteiger partial charge in [0.1, 0.15) is 0 Å². The Morgan fingerprint density at radius 1 is 1.29 bits per heavy atom. The van der Waals surface area contributed by atoms with Crippen LogP contribution >= 0.6 is 0 Å². The Kier molecular flexibility index (Phi) is 3.20. The molecule has 0 spiro atoms. The SMILES string of the molecule is Cc1cc(C)c(C[C@@H]2NCC(=O)N2C)c(C)c1. The van der Waals surface area contributed by atoms with Crippen LogP contribution in [0.25, 0.3) is 0 Å². The molecule has 1 heterocycles. The average molecular weight is 232 g/mol. The van der Waals surface area contributed by atoms with E-state index in [0.29, 0.717) is 6.54 Å². The molecule has 1 aliphatic rings. The van der Waals surface area contributed by atoms with E-state index in [0.717, 1.165) is 6.42 Å². The number of aryl methyl sites for hydroxylation is 3. The molecule has 0 aromatic heterocycles. The molecule has 92 valence electrons. The van der Waals surface area contributed by atoms with Crippen molar-refractivity contribution >= 4 is 5.91 Å². The minimum Gasteiger partial charge on any atom is -0.329 e. The monoisotopic (exact) mass is 232 g/mol. The zero-order valence-corrected chi connectivity index (χ0v) is 11.0.